The summed E-state index contributed by atoms with van der Waals surface area (Å²) in [6.45, 7) is 4.69. The summed E-state index contributed by atoms with van der Waals surface area (Å²) in [6.07, 6.45) is 1.58. The molecule has 0 fully saturated rings. The maximum atomic E-state index is 12.9. The van der Waals surface area contributed by atoms with Crippen LogP contribution < -0.4 is 11.1 Å². The lowest BCUT2D eigenvalue weighted by molar-refractivity contribution is 0.146. The van der Waals surface area contributed by atoms with Crippen LogP contribution in [0.3, 0.4) is 0 Å². The lowest BCUT2D eigenvalue weighted by Crippen LogP contribution is -2.33. The summed E-state index contributed by atoms with van der Waals surface area (Å²) in [6, 6.07) is 6.55. The molecule has 0 aromatic heterocycles. The number of hydrogen-bond donors (Lipinski definition) is 2. The molecule has 0 atom stereocenters. The minimum absolute atomic E-state index is 0. The van der Waals surface area contributed by atoms with E-state index in [2.05, 4.69) is 10.3 Å². The Morgan fingerprint density at radius 2 is 2.25 bits per heavy atom. The second-order valence-electron chi connectivity index (χ2n) is 4.12. The first kappa shape index (κ1) is 19.1. The molecule has 0 heterocycles. The molecule has 0 spiro atoms. The molecule has 0 aliphatic heterocycles. The van der Waals surface area contributed by atoms with E-state index >= 15 is 0 Å². The van der Waals surface area contributed by atoms with Crippen molar-refractivity contribution in [1.29, 1.82) is 0 Å². The van der Waals surface area contributed by atoms with Crippen LogP contribution in [0, 0.1) is 5.82 Å². The van der Waals surface area contributed by atoms with E-state index < -0.39 is 0 Å². The largest absolute Gasteiger partial charge is 0.382 e. The fourth-order valence-electron chi connectivity index (χ4n) is 1.59. The van der Waals surface area contributed by atoms with Crippen molar-refractivity contribution in [3.8, 4) is 0 Å². The Bertz CT molecular complexity index is 402. The van der Waals surface area contributed by atoms with Gasteiger partial charge in [0.05, 0.1) is 0 Å². The van der Waals surface area contributed by atoms with Gasteiger partial charge in [0.1, 0.15) is 5.82 Å². The van der Waals surface area contributed by atoms with Crippen LogP contribution in [-0.2, 0) is 11.2 Å². The number of nitrogens with zero attached hydrogens (tertiary/aromatic N) is 1. The van der Waals surface area contributed by atoms with Crippen molar-refractivity contribution in [2.24, 2.45) is 10.7 Å². The Morgan fingerprint density at radius 1 is 1.45 bits per heavy atom. The van der Waals surface area contributed by atoms with Gasteiger partial charge in [-0.3, -0.25) is 4.99 Å². The summed E-state index contributed by atoms with van der Waals surface area (Å²) in [5, 5.41) is 3.01. The molecule has 0 amide bonds. The van der Waals surface area contributed by atoms with Gasteiger partial charge in [-0.2, -0.15) is 0 Å². The molecule has 1 aromatic carbocycles. The first-order valence-corrected chi connectivity index (χ1v) is 6.58. The topological polar surface area (TPSA) is 59.6 Å². The maximum Gasteiger partial charge on any atom is 0.188 e. The Kier molecular flexibility index (Phi) is 11.4. The lowest BCUT2D eigenvalue weighted by atomic mass is 10.1. The first-order chi connectivity index (χ1) is 9.22. The average Bonchev–Trinajstić information content (AvgIpc) is 2.38. The molecule has 0 saturated carbocycles. The SMILES string of the molecule is CCOCCCN=C(N)NCCc1cccc(F)c1.I. The van der Waals surface area contributed by atoms with Gasteiger partial charge in [0.25, 0.3) is 0 Å². The third kappa shape index (κ3) is 9.08. The van der Waals surface area contributed by atoms with Crippen molar-refractivity contribution >= 4 is 29.9 Å². The molecule has 0 unspecified atom stereocenters. The van der Waals surface area contributed by atoms with Crippen LogP contribution in [-0.4, -0.2) is 32.3 Å². The highest BCUT2D eigenvalue weighted by atomic mass is 127. The smallest absolute Gasteiger partial charge is 0.188 e. The van der Waals surface area contributed by atoms with Gasteiger partial charge in [-0.15, -0.1) is 24.0 Å². The number of rotatable bonds is 8. The maximum absolute atomic E-state index is 12.9. The van der Waals surface area contributed by atoms with Crippen LogP contribution in [0.4, 0.5) is 4.39 Å². The van der Waals surface area contributed by atoms with Gasteiger partial charge in [0.2, 0.25) is 0 Å². The van der Waals surface area contributed by atoms with E-state index in [1.54, 1.807) is 6.07 Å². The van der Waals surface area contributed by atoms with Crippen molar-refractivity contribution in [3.63, 3.8) is 0 Å². The van der Waals surface area contributed by atoms with E-state index in [1.165, 1.54) is 12.1 Å². The Balaban J connectivity index is 0.00000361. The van der Waals surface area contributed by atoms with Gasteiger partial charge >= 0.3 is 0 Å². The Morgan fingerprint density at radius 3 is 2.95 bits per heavy atom. The molecule has 0 aliphatic carbocycles. The minimum atomic E-state index is -0.213. The first-order valence-electron chi connectivity index (χ1n) is 6.58. The number of benzene rings is 1. The monoisotopic (exact) mass is 395 g/mol. The van der Waals surface area contributed by atoms with Crippen molar-refractivity contribution < 1.29 is 9.13 Å². The zero-order chi connectivity index (χ0) is 13.9. The van der Waals surface area contributed by atoms with Crippen molar-refractivity contribution in [3.05, 3.63) is 35.6 Å². The molecule has 0 aliphatic rings. The van der Waals surface area contributed by atoms with Crippen molar-refractivity contribution in [2.75, 3.05) is 26.3 Å². The molecule has 20 heavy (non-hydrogen) atoms. The quantitative estimate of drug-likeness (QED) is 0.308. The van der Waals surface area contributed by atoms with Crippen LogP contribution in [0.5, 0.6) is 0 Å². The van der Waals surface area contributed by atoms with Crippen LogP contribution in [0.1, 0.15) is 18.9 Å². The van der Waals surface area contributed by atoms with E-state index in [-0.39, 0.29) is 29.8 Å². The van der Waals surface area contributed by atoms with E-state index in [0.717, 1.165) is 18.6 Å². The zero-order valence-electron chi connectivity index (χ0n) is 11.8. The molecular weight excluding hydrogens is 372 g/mol. The predicted molar refractivity (Wildman–Crippen MR) is 91.1 cm³/mol. The number of hydrogen-bond acceptors (Lipinski definition) is 2. The summed E-state index contributed by atoms with van der Waals surface area (Å²) in [4.78, 5) is 4.17. The highest BCUT2D eigenvalue weighted by Gasteiger charge is 1.96. The fraction of sp³-hybridized carbons (Fsp3) is 0.500. The van der Waals surface area contributed by atoms with Crippen LogP contribution >= 0.6 is 24.0 Å². The number of nitrogens with one attached hydrogen (secondary N) is 1. The molecule has 0 bridgehead atoms. The Hall–Kier alpha value is -0.890. The van der Waals surface area contributed by atoms with Gasteiger partial charge in [-0.25, -0.2) is 4.39 Å². The minimum Gasteiger partial charge on any atom is -0.382 e. The number of aliphatic imine (C=N–C) groups is 1. The average molecular weight is 395 g/mol. The van der Waals surface area contributed by atoms with E-state index in [1.807, 2.05) is 13.0 Å². The highest BCUT2D eigenvalue weighted by Crippen LogP contribution is 2.03. The standard InChI is InChI=1S/C14H22FN3O.HI/c1-2-19-10-4-8-17-14(16)18-9-7-12-5-3-6-13(15)11-12;/h3,5-6,11H,2,4,7-10H2,1H3,(H3,16,17,18);1H. The zero-order valence-corrected chi connectivity index (χ0v) is 14.1. The molecular formula is C14H23FIN3O. The molecule has 0 radical (unpaired) electrons. The lowest BCUT2D eigenvalue weighted by Gasteiger charge is -2.06. The van der Waals surface area contributed by atoms with Crippen LogP contribution in [0.25, 0.3) is 0 Å². The third-order valence-corrected chi connectivity index (χ3v) is 2.54. The summed E-state index contributed by atoms with van der Waals surface area (Å²) in [5.41, 5.74) is 6.65. The number of ether oxygens (including phenoxy) is 1. The van der Waals surface area contributed by atoms with Crippen molar-refractivity contribution in [1.82, 2.24) is 5.32 Å². The molecule has 4 nitrogen and oxygen atoms in total. The Labute approximate surface area is 137 Å². The van der Waals surface area contributed by atoms with Gasteiger partial charge < -0.3 is 15.8 Å². The molecule has 1 aromatic rings. The fourth-order valence-corrected chi connectivity index (χ4v) is 1.59. The van der Waals surface area contributed by atoms with Crippen LogP contribution in [0.15, 0.2) is 29.3 Å². The number of halogens is 2. The summed E-state index contributed by atoms with van der Waals surface area (Å²) in [7, 11) is 0. The van der Waals surface area contributed by atoms with Gasteiger partial charge in [-0.1, -0.05) is 12.1 Å². The van der Waals surface area contributed by atoms with E-state index in [0.29, 0.717) is 32.1 Å². The number of guanidine groups is 1. The molecule has 6 heteroatoms. The molecule has 114 valence electrons. The van der Waals surface area contributed by atoms with E-state index in [4.69, 9.17) is 10.5 Å². The highest BCUT2D eigenvalue weighted by molar-refractivity contribution is 14.0. The van der Waals surface area contributed by atoms with Crippen molar-refractivity contribution in [2.45, 2.75) is 19.8 Å². The van der Waals surface area contributed by atoms with Gasteiger partial charge in [0, 0.05) is 26.3 Å². The van der Waals surface area contributed by atoms with Gasteiger partial charge in [-0.05, 0) is 37.5 Å². The third-order valence-electron chi connectivity index (χ3n) is 2.54. The van der Waals surface area contributed by atoms with Gasteiger partial charge in [0.15, 0.2) is 5.96 Å². The van der Waals surface area contributed by atoms with E-state index in [9.17, 15) is 4.39 Å². The molecule has 0 saturated heterocycles. The normalized spacial score (nSPS) is 11.0. The second kappa shape index (κ2) is 11.9. The molecule has 3 N–H and O–H groups in total. The number of nitrogens with two attached hydrogens (primary N) is 1. The molecule has 1 rings (SSSR count). The van der Waals surface area contributed by atoms with Crippen LogP contribution in [0.2, 0.25) is 0 Å². The summed E-state index contributed by atoms with van der Waals surface area (Å²) >= 11 is 0. The summed E-state index contributed by atoms with van der Waals surface area (Å²) < 4.78 is 18.1. The summed E-state index contributed by atoms with van der Waals surface area (Å²) in [5.74, 6) is 0.211. The second-order valence-corrected chi connectivity index (χ2v) is 4.12. The predicted octanol–water partition coefficient (Wildman–Crippen LogP) is 2.32.